The zero-order valence-electron chi connectivity index (χ0n) is 23.6. The minimum absolute atomic E-state index is 0.0540. The van der Waals surface area contributed by atoms with Crippen LogP contribution >= 0.6 is 11.3 Å². The second kappa shape index (κ2) is 11.1. The second-order valence-corrected chi connectivity index (χ2v) is 11.9. The Kier molecular flexibility index (Phi) is 7.46. The molecule has 0 bridgehead atoms. The number of carbonyl (C=O) groups excluding carboxylic acids is 1. The summed E-state index contributed by atoms with van der Waals surface area (Å²) in [4.78, 5) is 19.6. The van der Waals surface area contributed by atoms with E-state index < -0.39 is 17.6 Å². The van der Waals surface area contributed by atoms with Crippen LogP contribution in [0.15, 0.2) is 65.1 Å². The molecule has 43 heavy (non-hydrogen) atoms. The molecule has 224 valence electrons. The van der Waals surface area contributed by atoms with Crippen molar-refractivity contribution in [2.24, 2.45) is 0 Å². The standard InChI is InChI=1S/C30H29F3N6O3S/c1-17-16-39(13-14-41-17)26-23(36-27(43-26)29(2,3)30(31,32)33)25-37-38-28(42-25)35-22-15-20(18-9-5-4-6-10-18)19-11-7-8-12-21(19)34-24(22)40/h4-12,15,17,22H,13-14,16H2,1-3H3,(H,34,40)(H,35,38)/t17-,22-/m0/s1. The van der Waals surface area contributed by atoms with Crippen LogP contribution in [0, 0.1) is 0 Å². The molecule has 0 radical (unpaired) electrons. The molecule has 2 aromatic heterocycles. The Hall–Kier alpha value is -4.23. The Morgan fingerprint density at radius 1 is 1.07 bits per heavy atom. The van der Waals surface area contributed by atoms with Gasteiger partial charge in [-0.1, -0.05) is 65.0 Å². The van der Waals surface area contributed by atoms with Gasteiger partial charge in [-0.25, -0.2) is 4.98 Å². The number of benzene rings is 2. The zero-order chi connectivity index (χ0) is 30.4. The molecule has 0 spiro atoms. The summed E-state index contributed by atoms with van der Waals surface area (Å²) in [5, 5.41) is 14.5. The predicted molar refractivity (Wildman–Crippen MR) is 158 cm³/mol. The number of rotatable bonds is 6. The van der Waals surface area contributed by atoms with E-state index in [0.717, 1.165) is 41.9 Å². The minimum atomic E-state index is -4.52. The highest BCUT2D eigenvalue weighted by molar-refractivity contribution is 7.16. The van der Waals surface area contributed by atoms with Crippen LogP contribution in [0.25, 0.3) is 17.2 Å². The first-order valence-electron chi connectivity index (χ1n) is 13.7. The van der Waals surface area contributed by atoms with Crippen LogP contribution in [0.4, 0.5) is 29.9 Å². The predicted octanol–water partition coefficient (Wildman–Crippen LogP) is 6.12. The molecule has 1 amide bonds. The fraction of sp³-hybridized carbons (Fsp3) is 0.333. The number of morpholine rings is 1. The lowest BCUT2D eigenvalue weighted by Crippen LogP contribution is -2.41. The first kappa shape index (κ1) is 28.9. The van der Waals surface area contributed by atoms with Gasteiger partial charge >= 0.3 is 12.2 Å². The molecule has 0 aliphatic carbocycles. The Balaban J connectivity index is 1.35. The van der Waals surface area contributed by atoms with Gasteiger partial charge in [0.15, 0.2) is 5.69 Å². The third-order valence-electron chi connectivity index (χ3n) is 7.46. The van der Waals surface area contributed by atoms with Crippen molar-refractivity contribution < 1.29 is 27.1 Å². The van der Waals surface area contributed by atoms with Crippen molar-refractivity contribution in [1.82, 2.24) is 15.2 Å². The molecule has 2 N–H and O–H groups in total. The first-order chi connectivity index (χ1) is 20.5. The Labute approximate surface area is 249 Å². The largest absolute Gasteiger partial charge is 0.402 e. The second-order valence-electron chi connectivity index (χ2n) is 10.9. The molecule has 0 unspecified atom stereocenters. The van der Waals surface area contributed by atoms with Crippen molar-refractivity contribution in [2.75, 3.05) is 35.2 Å². The van der Waals surface area contributed by atoms with E-state index in [-0.39, 0.29) is 34.6 Å². The topological polar surface area (TPSA) is 105 Å². The lowest BCUT2D eigenvalue weighted by Gasteiger charge is -2.32. The number of alkyl halides is 3. The van der Waals surface area contributed by atoms with Gasteiger partial charge in [-0.3, -0.25) is 4.79 Å². The van der Waals surface area contributed by atoms with E-state index >= 15 is 0 Å². The number of thiazole rings is 1. The number of fused-ring (bicyclic) bond motifs is 1. The Morgan fingerprint density at radius 2 is 1.81 bits per heavy atom. The molecule has 13 heteroatoms. The van der Waals surface area contributed by atoms with E-state index in [1.807, 2.05) is 66.4 Å². The maximum Gasteiger partial charge on any atom is 0.400 e. The molecule has 2 atom stereocenters. The number of amides is 1. The van der Waals surface area contributed by atoms with Gasteiger partial charge in [0, 0.05) is 24.3 Å². The smallest absolute Gasteiger partial charge is 0.400 e. The van der Waals surface area contributed by atoms with Crippen LogP contribution in [0.3, 0.4) is 0 Å². The SMILES string of the molecule is C[C@H]1CN(c2sc(C(C)(C)C(F)(F)F)nc2-c2nnc(N[C@H]3C=C(c4ccccc4)c4ccccc4NC3=O)o2)CCO1. The summed E-state index contributed by atoms with van der Waals surface area (Å²) >= 11 is 0.953. The summed E-state index contributed by atoms with van der Waals surface area (Å²) in [6.45, 7) is 5.46. The summed E-state index contributed by atoms with van der Waals surface area (Å²) < 4.78 is 53.5. The molecule has 1 saturated heterocycles. The van der Waals surface area contributed by atoms with Crippen LogP contribution < -0.4 is 15.5 Å². The highest BCUT2D eigenvalue weighted by Crippen LogP contribution is 2.47. The van der Waals surface area contributed by atoms with Gasteiger partial charge < -0.3 is 24.7 Å². The number of nitrogens with one attached hydrogen (secondary N) is 2. The number of carbonyl (C=O) groups is 1. The van der Waals surface area contributed by atoms with Gasteiger partial charge in [-0.15, -0.1) is 5.10 Å². The monoisotopic (exact) mass is 610 g/mol. The van der Waals surface area contributed by atoms with E-state index in [1.165, 1.54) is 0 Å². The van der Waals surface area contributed by atoms with Gasteiger partial charge in [-0.2, -0.15) is 13.2 Å². The van der Waals surface area contributed by atoms with Gasteiger partial charge in [0.2, 0.25) is 0 Å². The number of halogens is 3. The molecule has 4 aromatic rings. The van der Waals surface area contributed by atoms with Crippen LogP contribution in [-0.2, 0) is 14.9 Å². The molecule has 2 aliphatic heterocycles. The number of aromatic nitrogens is 3. The van der Waals surface area contributed by atoms with Crippen molar-refractivity contribution >= 4 is 39.5 Å². The summed E-state index contributed by atoms with van der Waals surface area (Å²) in [6, 6.07) is 16.2. The van der Waals surface area contributed by atoms with Crippen LogP contribution in [0.5, 0.6) is 0 Å². The number of ether oxygens (including phenoxy) is 1. The van der Waals surface area contributed by atoms with E-state index in [1.54, 1.807) is 6.08 Å². The molecule has 6 rings (SSSR count). The van der Waals surface area contributed by atoms with Gasteiger partial charge in [0.05, 0.1) is 12.7 Å². The van der Waals surface area contributed by atoms with Gasteiger partial charge in [-0.05, 0) is 44.1 Å². The van der Waals surface area contributed by atoms with Crippen molar-refractivity contribution in [3.63, 3.8) is 0 Å². The highest BCUT2D eigenvalue weighted by atomic mass is 32.1. The minimum Gasteiger partial charge on any atom is -0.402 e. The summed E-state index contributed by atoms with van der Waals surface area (Å²) in [5.74, 6) is -0.398. The van der Waals surface area contributed by atoms with Gasteiger partial charge in [0.1, 0.15) is 21.5 Å². The van der Waals surface area contributed by atoms with Crippen molar-refractivity contribution in [3.05, 3.63) is 76.8 Å². The zero-order valence-corrected chi connectivity index (χ0v) is 24.4. The molecular weight excluding hydrogens is 581 g/mol. The average molecular weight is 611 g/mol. The van der Waals surface area contributed by atoms with Crippen molar-refractivity contribution in [3.8, 4) is 11.6 Å². The van der Waals surface area contributed by atoms with E-state index in [2.05, 4.69) is 25.8 Å². The molecule has 4 heterocycles. The van der Waals surface area contributed by atoms with E-state index in [4.69, 9.17) is 9.15 Å². The fourth-order valence-corrected chi connectivity index (χ4v) is 6.13. The van der Waals surface area contributed by atoms with E-state index in [0.29, 0.717) is 30.4 Å². The summed E-state index contributed by atoms with van der Waals surface area (Å²) in [5.41, 5.74) is 1.21. The number of hydrogen-bond donors (Lipinski definition) is 2. The molecule has 2 aromatic carbocycles. The first-order valence-corrected chi connectivity index (χ1v) is 14.6. The van der Waals surface area contributed by atoms with Gasteiger partial charge in [0.25, 0.3) is 11.8 Å². The van der Waals surface area contributed by atoms with Crippen LogP contribution in [-0.4, -0.2) is 59.1 Å². The van der Waals surface area contributed by atoms with Crippen molar-refractivity contribution in [1.29, 1.82) is 0 Å². The van der Waals surface area contributed by atoms with E-state index in [9.17, 15) is 18.0 Å². The molecule has 0 saturated carbocycles. The molecule has 2 aliphatic rings. The number of hydrogen-bond acceptors (Lipinski definition) is 9. The van der Waals surface area contributed by atoms with Crippen LogP contribution in [0.1, 0.15) is 36.9 Å². The molecule has 1 fully saturated rings. The lowest BCUT2D eigenvalue weighted by molar-refractivity contribution is -0.180. The number of anilines is 3. The Bertz CT molecular complexity index is 1670. The van der Waals surface area contributed by atoms with Crippen LogP contribution in [0.2, 0.25) is 0 Å². The summed E-state index contributed by atoms with van der Waals surface area (Å²) in [7, 11) is 0. The lowest BCUT2D eigenvalue weighted by atomic mass is 9.94. The van der Waals surface area contributed by atoms with Crippen molar-refractivity contribution in [2.45, 2.75) is 44.5 Å². The number of para-hydroxylation sites is 1. The number of nitrogens with zero attached hydrogens (tertiary/aromatic N) is 4. The maximum absolute atomic E-state index is 14.0. The summed E-state index contributed by atoms with van der Waals surface area (Å²) in [6.07, 6.45) is -2.86. The molecule has 9 nitrogen and oxygen atoms in total. The average Bonchev–Trinajstić information content (AvgIpc) is 3.60. The normalized spacial score (nSPS) is 19.3. The molecular formula is C30H29F3N6O3S. The highest BCUT2D eigenvalue weighted by Gasteiger charge is 2.51. The third-order valence-corrected chi connectivity index (χ3v) is 8.90. The fourth-order valence-electron chi connectivity index (χ4n) is 4.91. The third kappa shape index (κ3) is 5.62. The quantitative estimate of drug-likeness (QED) is 0.269. The Morgan fingerprint density at radius 3 is 2.56 bits per heavy atom. The maximum atomic E-state index is 14.0.